The Kier molecular flexibility index (Phi) is 6.71. The van der Waals surface area contributed by atoms with Crippen LogP contribution in [0.5, 0.6) is 11.5 Å². The van der Waals surface area contributed by atoms with Crippen LogP contribution in [-0.4, -0.2) is 19.6 Å². The number of halogens is 1. The van der Waals surface area contributed by atoms with Crippen LogP contribution in [0, 0.1) is 13.8 Å². The maximum absolute atomic E-state index is 11.8. The molecule has 1 amide bonds. The van der Waals surface area contributed by atoms with Gasteiger partial charge in [-0.15, -0.1) is 0 Å². The molecule has 5 heteroatoms. The van der Waals surface area contributed by atoms with E-state index in [2.05, 4.69) is 5.32 Å². The van der Waals surface area contributed by atoms with Crippen LogP contribution >= 0.6 is 11.6 Å². The number of likely N-dealkylation sites (N-methyl/N-ethyl adjacent to an activating group) is 1. The van der Waals surface area contributed by atoms with E-state index in [0.717, 1.165) is 28.0 Å². The van der Waals surface area contributed by atoms with Gasteiger partial charge in [-0.2, -0.15) is 0 Å². The molecule has 134 valence electrons. The summed E-state index contributed by atoms with van der Waals surface area (Å²) >= 11 is 6.29. The molecule has 2 aromatic carbocycles. The average molecular weight is 362 g/mol. The van der Waals surface area contributed by atoms with Crippen LogP contribution in [0.2, 0.25) is 5.02 Å². The largest absolute Gasteiger partial charge is 0.493 e. The monoisotopic (exact) mass is 361 g/mol. The minimum absolute atomic E-state index is 0.0564. The van der Waals surface area contributed by atoms with E-state index in [1.165, 1.54) is 0 Å². The van der Waals surface area contributed by atoms with Gasteiger partial charge in [0.15, 0.2) is 0 Å². The summed E-state index contributed by atoms with van der Waals surface area (Å²) < 4.78 is 11.7. The third-order valence-electron chi connectivity index (χ3n) is 4.08. The van der Waals surface area contributed by atoms with E-state index in [0.29, 0.717) is 17.4 Å². The number of carbonyl (C=O) groups is 1. The fourth-order valence-corrected chi connectivity index (χ4v) is 2.78. The lowest BCUT2D eigenvalue weighted by Crippen LogP contribution is -2.21. The van der Waals surface area contributed by atoms with E-state index in [-0.39, 0.29) is 18.9 Å². The van der Waals surface area contributed by atoms with Crippen molar-refractivity contribution in [3.63, 3.8) is 0 Å². The molecule has 2 aromatic rings. The van der Waals surface area contributed by atoms with Crippen LogP contribution in [0.3, 0.4) is 0 Å². The van der Waals surface area contributed by atoms with E-state index in [1.54, 1.807) is 7.05 Å². The normalized spacial score (nSPS) is 10.4. The summed E-state index contributed by atoms with van der Waals surface area (Å²) in [7, 11) is 1.62. The van der Waals surface area contributed by atoms with Crippen molar-refractivity contribution in [1.82, 2.24) is 5.32 Å². The second-order valence-electron chi connectivity index (χ2n) is 5.83. The van der Waals surface area contributed by atoms with Crippen LogP contribution in [-0.2, 0) is 17.8 Å². The summed E-state index contributed by atoms with van der Waals surface area (Å²) in [6, 6.07) is 9.51. The lowest BCUT2D eigenvalue weighted by Gasteiger charge is -2.17. The SMILES string of the molecule is CCOc1cccc(CC(=O)NC)c1COc1cc(C)c(C)cc1Cl. The highest BCUT2D eigenvalue weighted by molar-refractivity contribution is 6.32. The summed E-state index contributed by atoms with van der Waals surface area (Å²) in [6.45, 7) is 6.78. The highest BCUT2D eigenvalue weighted by Crippen LogP contribution is 2.30. The van der Waals surface area contributed by atoms with E-state index in [4.69, 9.17) is 21.1 Å². The van der Waals surface area contributed by atoms with Gasteiger partial charge in [-0.25, -0.2) is 0 Å². The minimum Gasteiger partial charge on any atom is -0.493 e. The van der Waals surface area contributed by atoms with Crippen molar-refractivity contribution in [3.8, 4) is 11.5 Å². The van der Waals surface area contributed by atoms with Crippen molar-refractivity contribution in [2.24, 2.45) is 0 Å². The average Bonchev–Trinajstić information content (AvgIpc) is 2.58. The Morgan fingerprint density at radius 3 is 2.52 bits per heavy atom. The molecular formula is C20H24ClNO3. The summed E-state index contributed by atoms with van der Waals surface area (Å²) in [5.74, 6) is 1.30. The summed E-state index contributed by atoms with van der Waals surface area (Å²) in [4.78, 5) is 11.8. The Bertz CT molecular complexity index is 759. The fraction of sp³-hybridized carbons (Fsp3) is 0.350. The van der Waals surface area contributed by atoms with Crippen LogP contribution in [0.4, 0.5) is 0 Å². The van der Waals surface area contributed by atoms with Crippen molar-refractivity contribution in [1.29, 1.82) is 0 Å². The van der Waals surface area contributed by atoms with Gasteiger partial charge in [0.2, 0.25) is 5.91 Å². The second-order valence-corrected chi connectivity index (χ2v) is 6.24. The molecule has 4 nitrogen and oxygen atoms in total. The molecule has 0 bridgehead atoms. The maximum Gasteiger partial charge on any atom is 0.224 e. The number of hydrogen-bond donors (Lipinski definition) is 1. The number of carbonyl (C=O) groups excluding carboxylic acids is 1. The molecule has 25 heavy (non-hydrogen) atoms. The number of nitrogens with one attached hydrogen (secondary N) is 1. The Hall–Kier alpha value is -2.20. The quantitative estimate of drug-likeness (QED) is 0.803. The molecule has 0 saturated heterocycles. The van der Waals surface area contributed by atoms with Gasteiger partial charge in [0.1, 0.15) is 18.1 Å². The first-order valence-electron chi connectivity index (χ1n) is 8.30. The van der Waals surface area contributed by atoms with Gasteiger partial charge in [-0.05, 0) is 55.7 Å². The first-order valence-corrected chi connectivity index (χ1v) is 8.67. The van der Waals surface area contributed by atoms with E-state index in [1.807, 2.05) is 51.1 Å². The van der Waals surface area contributed by atoms with Crippen molar-refractivity contribution in [2.45, 2.75) is 33.8 Å². The number of rotatable bonds is 7. The highest BCUT2D eigenvalue weighted by Gasteiger charge is 2.14. The molecule has 0 heterocycles. The van der Waals surface area contributed by atoms with Gasteiger partial charge < -0.3 is 14.8 Å². The highest BCUT2D eigenvalue weighted by atomic mass is 35.5. The number of aryl methyl sites for hydroxylation is 2. The van der Waals surface area contributed by atoms with Crippen LogP contribution in [0.15, 0.2) is 30.3 Å². The molecule has 0 aliphatic rings. The Morgan fingerprint density at radius 1 is 1.12 bits per heavy atom. The molecule has 0 aromatic heterocycles. The molecule has 2 rings (SSSR count). The fourth-order valence-electron chi connectivity index (χ4n) is 2.51. The van der Waals surface area contributed by atoms with Gasteiger partial charge in [-0.1, -0.05) is 23.7 Å². The predicted octanol–water partition coefficient (Wildman–Crippen LogP) is 4.22. The standard InChI is InChI=1S/C20H24ClNO3/c1-5-24-18-8-6-7-15(11-20(23)22-4)16(18)12-25-19-10-14(3)13(2)9-17(19)21/h6-10H,5,11-12H2,1-4H3,(H,22,23). The molecule has 0 atom stereocenters. The van der Waals surface area contributed by atoms with Crippen LogP contribution < -0.4 is 14.8 Å². The number of hydrogen-bond acceptors (Lipinski definition) is 3. The van der Waals surface area contributed by atoms with Crippen molar-refractivity contribution >= 4 is 17.5 Å². The van der Waals surface area contributed by atoms with E-state index >= 15 is 0 Å². The van der Waals surface area contributed by atoms with Gasteiger partial charge in [-0.3, -0.25) is 4.79 Å². The Labute approximate surface area is 154 Å². The van der Waals surface area contributed by atoms with Gasteiger partial charge in [0, 0.05) is 12.6 Å². The zero-order valence-corrected chi connectivity index (χ0v) is 15.9. The second kappa shape index (κ2) is 8.77. The summed E-state index contributed by atoms with van der Waals surface area (Å²) in [6.07, 6.45) is 0.275. The summed E-state index contributed by atoms with van der Waals surface area (Å²) in [5, 5.41) is 3.22. The molecule has 1 N–H and O–H groups in total. The van der Waals surface area contributed by atoms with Crippen LogP contribution in [0.1, 0.15) is 29.2 Å². The topological polar surface area (TPSA) is 47.6 Å². The maximum atomic E-state index is 11.8. The van der Waals surface area contributed by atoms with E-state index in [9.17, 15) is 4.79 Å². The van der Waals surface area contributed by atoms with Gasteiger partial charge in [0.25, 0.3) is 0 Å². The first kappa shape index (κ1) is 19.1. The summed E-state index contributed by atoms with van der Waals surface area (Å²) in [5.41, 5.74) is 3.97. The molecule has 0 unspecified atom stereocenters. The Morgan fingerprint density at radius 2 is 1.84 bits per heavy atom. The molecule has 0 spiro atoms. The first-order chi connectivity index (χ1) is 12.0. The molecule has 0 aliphatic heterocycles. The van der Waals surface area contributed by atoms with Crippen molar-refractivity contribution in [3.05, 3.63) is 57.6 Å². The van der Waals surface area contributed by atoms with Gasteiger partial charge in [0.05, 0.1) is 18.1 Å². The van der Waals surface area contributed by atoms with E-state index < -0.39 is 0 Å². The number of ether oxygens (including phenoxy) is 2. The molecule has 0 saturated carbocycles. The number of amides is 1. The Balaban J connectivity index is 2.30. The third-order valence-corrected chi connectivity index (χ3v) is 4.38. The van der Waals surface area contributed by atoms with Crippen molar-refractivity contribution in [2.75, 3.05) is 13.7 Å². The third kappa shape index (κ3) is 4.89. The molecule has 0 fully saturated rings. The van der Waals surface area contributed by atoms with Gasteiger partial charge >= 0.3 is 0 Å². The number of benzene rings is 2. The smallest absolute Gasteiger partial charge is 0.224 e. The molecule has 0 aliphatic carbocycles. The lowest BCUT2D eigenvalue weighted by atomic mass is 10.0. The predicted molar refractivity (Wildman–Crippen MR) is 101 cm³/mol. The zero-order chi connectivity index (χ0) is 18.4. The van der Waals surface area contributed by atoms with Crippen molar-refractivity contribution < 1.29 is 14.3 Å². The minimum atomic E-state index is -0.0564. The van der Waals surface area contributed by atoms with Crippen LogP contribution in [0.25, 0.3) is 0 Å². The zero-order valence-electron chi connectivity index (χ0n) is 15.1. The molecular weight excluding hydrogens is 338 g/mol. The molecule has 0 radical (unpaired) electrons. The lowest BCUT2D eigenvalue weighted by molar-refractivity contribution is -0.119.